The average molecular weight is 355 g/mol. The Hall–Kier alpha value is -2.66. The van der Waals surface area contributed by atoms with Crippen molar-refractivity contribution in [1.29, 1.82) is 0 Å². The van der Waals surface area contributed by atoms with E-state index in [1.54, 1.807) is 13.8 Å². The van der Waals surface area contributed by atoms with Crippen molar-refractivity contribution in [2.24, 2.45) is 5.92 Å². The molecule has 0 aromatic heterocycles. The molecule has 26 heavy (non-hydrogen) atoms. The van der Waals surface area contributed by atoms with E-state index in [4.69, 9.17) is 4.74 Å². The summed E-state index contributed by atoms with van der Waals surface area (Å²) >= 11 is 0. The first kappa shape index (κ1) is 19.7. The van der Waals surface area contributed by atoms with Crippen molar-refractivity contribution in [3.05, 3.63) is 71.8 Å². The Kier molecular flexibility index (Phi) is 7.36. The van der Waals surface area contributed by atoms with Crippen molar-refractivity contribution in [1.82, 2.24) is 5.32 Å². The number of aliphatic hydroxyl groups is 1. The highest BCUT2D eigenvalue weighted by Crippen LogP contribution is 2.09. The molecule has 0 unspecified atom stereocenters. The van der Waals surface area contributed by atoms with Gasteiger partial charge in [0.2, 0.25) is 5.91 Å². The van der Waals surface area contributed by atoms with Gasteiger partial charge in [-0.05, 0) is 17.0 Å². The minimum atomic E-state index is -1.17. The molecule has 0 heterocycles. The van der Waals surface area contributed by atoms with Crippen LogP contribution < -0.4 is 5.32 Å². The number of amides is 1. The highest BCUT2D eigenvalue weighted by atomic mass is 16.5. The molecule has 2 aromatic rings. The van der Waals surface area contributed by atoms with Crippen molar-refractivity contribution >= 4 is 11.9 Å². The van der Waals surface area contributed by atoms with E-state index in [2.05, 4.69) is 5.32 Å². The molecule has 0 saturated heterocycles. The second-order valence-corrected chi connectivity index (χ2v) is 6.53. The first-order valence-electron chi connectivity index (χ1n) is 8.70. The molecule has 0 fully saturated rings. The molecule has 2 rings (SSSR count). The first-order valence-corrected chi connectivity index (χ1v) is 8.70. The van der Waals surface area contributed by atoms with Crippen LogP contribution in [0.25, 0.3) is 0 Å². The number of carbonyl (C=O) groups is 2. The lowest BCUT2D eigenvalue weighted by Gasteiger charge is -2.21. The number of rotatable bonds is 8. The minimum absolute atomic E-state index is 0.133. The van der Waals surface area contributed by atoms with Crippen molar-refractivity contribution in [2.75, 3.05) is 0 Å². The van der Waals surface area contributed by atoms with Crippen molar-refractivity contribution < 1.29 is 19.4 Å². The molecular formula is C21H25NO4. The summed E-state index contributed by atoms with van der Waals surface area (Å²) in [4.78, 5) is 24.7. The van der Waals surface area contributed by atoms with Gasteiger partial charge in [-0.25, -0.2) is 4.79 Å². The fourth-order valence-corrected chi connectivity index (χ4v) is 2.43. The fraction of sp³-hybridized carbons (Fsp3) is 0.333. The number of aliphatic hydroxyl groups excluding tert-OH is 1. The fourth-order valence-electron chi connectivity index (χ4n) is 2.43. The van der Waals surface area contributed by atoms with E-state index in [1.807, 2.05) is 60.7 Å². The lowest BCUT2D eigenvalue weighted by Crippen LogP contribution is -2.48. The molecule has 5 nitrogen and oxygen atoms in total. The zero-order valence-corrected chi connectivity index (χ0v) is 15.1. The normalized spacial score (nSPS) is 13.1. The first-order chi connectivity index (χ1) is 12.5. The van der Waals surface area contributed by atoms with E-state index >= 15 is 0 Å². The van der Waals surface area contributed by atoms with Gasteiger partial charge in [0.25, 0.3) is 0 Å². The van der Waals surface area contributed by atoms with Crippen LogP contribution in [-0.2, 0) is 27.4 Å². The van der Waals surface area contributed by atoms with Gasteiger partial charge in [-0.2, -0.15) is 0 Å². The third-order valence-electron chi connectivity index (χ3n) is 4.01. The Bertz CT molecular complexity index is 700. The Morgan fingerprint density at radius 2 is 1.50 bits per heavy atom. The summed E-state index contributed by atoms with van der Waals surface area (Å²) < 4.78 is 5.37. The van der Waals surface area contributed by atoms with Crippen LogP contribution in [0.5, 0.6) is 0 Å². The van der Waals surface area contributed by atoms with Gasteiger partial charge in [0.1, 0.15) is 18.8 Å². The molecule has 0 aliphatic rings. The monoisotopic (exact) mass is 355 g/mol. The third-order valence-corrected chi connectivity index (χ3v) is 4.01. The molecule has 0 bridgehead atoms. The van der Waals surface area contributed by atoms with E-state index in [-0.39, 0.29) is 12.5 Å². The van der Waals surface area contributed by atoms with Crippen LogP contribution in [-0.4, -0.2) is 29.1 Å². The Balaban J connectivity index is 2.05. The van der Waals surface area contributed by atoms with Gasteiger partial charge in [0.15, 0.2) is 0 Å². The van der Waals surface area contributed by atoms with Crippen molar-refractivity contribution in [3.8, 4) is 0 Å². The Morgan fingerprint density at radius 1 is 0.962 bits per heavy atom. The van der Waals surface area contributed by atoms with Crippen LogP contribution in [0.3, 0.4) is 0 Å². The van der Waals surface area contributed by atoms with E-state index in [0.29, 0.717) is 6.42 Å². The van der Waals surface area contributed by atoms with Crippen molar-refractivity contribution in [3.63, 3.8) is 0 Å². The maximum Gasteiger partial charge on any atom is 0.329 e. The highest BCUT2D eigenvalue weighted by molar-refractivity contribution is 5.87. The number of carbonyl (C=O) groups excluding carboxylic acids is 2. The zero-order valence-electron chi connectivity index (χ0n) is 15.1. The van der Waals surface area contributed by atoms with Gasteiger partial charge >= 0.3 is 5.97 Å². The zero-order chi connectivity index (χ0) is 18.9. The summed E-state index contributed by atoms with van der Waals surface area (Å²) in [6.45, 7) is 3.61. The van der Waals surface area contributed by atoms with Gasteiger partial charge in [-0.1, -0.05) is 74.5 Å². The summed E-state index contributed by atoms with van der Waals surface area (Å²) in [7, 11) is 0. The SMILES string of the molecule is CC(C)[C@H](O)C(=O)N[C@@H](Cc1ccccc1)C(=O)OCc1ccccc1. The lowest BCUT2D eigenvalue weighted by molar-refractivity contribution is -0.150. The van der Waals surface area contributed by atoms with Crippen LogP contribution in [0.1, 0.15) is 25.0 Å². The molecule has 1 amide bonds. The highest BCUT2D eigenvalue weighted by Gasteiger charge is 2.27. The summed E-state index contributed by atoms with van der Waals surface area (Å²) in [5.74, 6) is -1.34. The number of nitrogens with one attached hydrogen (secondary N) is 1. The summed E-state index contributed by atoms with van der Waals surface area (Å²) in [6.07, 6.45) is -0.874. The molecule has 0 radical (unpaired) electrons. The van der Waals surface area contributed by atoms with E-state index < -0.39 is 24.0 Å². The van der Waals surface area contributed by atoms with Gasteiger partial charge in [-0.3, -0.25) is 4.79 Å². The van der Waals surface area contributed by atoms with Crippen LogP contribution >= 0.6 is 0 Å². The van der Waals surface area contributed by atoms with E-state index in [0.717, 1.165) is 11.1 Å². The Morgan fingerprint density at radius 3 is 2.04 bits per heavy atom. The third kappa shape index (κ3) is 6.01. The van der Waals surface area contributed by atoms with E-state index in [9.17, 15) is 14.7 Å². The molecule has 2 N–H and O–H groups in total. The molecule has 0 aliphatic carbocycles. The largest absolute Gasteiger partial charge is 0.459 e. The number of benzene rings is 2. The maximum absolute atomic E-state index is 12.5. The Labute approximate surface area is 154 Å². The van der Waals surface area contributed by atoms with Gasteiger partial charge in [0.05, 0.1) is 0 Å². The topological polar surface area (TPSA) is 75.6 Å². The van der Waals surface area contributed by atoms with Crippen LogP contribution in [0.15, 0.2) is 60.7 Å². The molecule has 5 heteroatoms. The average Bonchev–Trinajstić information content (AvgIpc) is 2.66. The summed E-state index contributed by atoms with van der Waals surface area (Å²) in [6, 6.07) is 17.9. The minimum Gasteiger partial charge on any atom is -0.459 e. The van der Waals surface area contributed by atoms with Crippen molar-refractivity contribution in [2.45, 2.75) is 39.0 Å². The lowest BCUT2D eigenvalue weighted by atomic mass is 10.0. The second-order valence-electron chi connectivity index (χ2n) is 6.53. The predicted molar refractivity (Wildman–Crippen MR) is 99.2 cm³/mol. The summed E-state index contributed by atoms with van der Waals surface area (Å²) in [5, 5.41) is 12.6. The molecule has 138 valence electrons. The molecule has 0 spiro atoms. The van der Waals surface area contributed by atoms with Crippen LogP contribution in [0.2, 0.25) is 0 Å². The van der Waals surface area contributed by atoms with E-state index in [1.165, 1.54) is 0 Å². The van der Waals surface area contributed by atoms with Crippen LogP contribution in [0, 0.1) is 5.92 Å². The van der Waals surface area contributed by atoms with Gasteiger partial charge in [-0.15, -0.1) is 0 Å². The molecule has 2 atom stereocenters. The second kappa shape index (κ2) is 9.73. The maximum atomic E-state index is 12.5. The number of ether oxygens (including phenoxy) is 1. The molecular weight excluding hydrogens is 330 g/mol. The standard InChI is InChI=1S/C21H25NO4/c1-15(2)19(23)20(24)22-18(13-16-9-5-3-6-10-16)21(25)26-14-17-11-7-4-8-12-17/h3-12,15,18-19,23H,13-14H2,1-2H3,(H,22,24)/t18-,19-/m0/s1. The number of hydrogen-bond acceptors (Lipinski definition) is 4. The van der Waals surface area contributed by atoms with Gasteiger partial charge in [0, 0.05) is 6.42 Å². The van der Waals surface area contributed by atoms with Gasteiger partial charge < -0.3 is 15.2 Å². The molecule has 2 aromatic carbocycles. The summed E-state index contributed by atoms with van der Waals surface area (Å²) in [5.41, 5.74) is 1.77. The quantitative estimate of drug-likeness (QED) is 0.714. The molecule has 0 aliphatic heterocycles. The number of hydrogen-bond donors (Lipinski definition) is 2. The smallest absolute Gasteiger partial charge is 0.329 e. The van der Waals surface area contributed by atoms with Crippen LogP contribution in [0.4, 0.5) is 0 Å². The molecule has 0 saturated carbocycles. The predicted octanol–water partition coefficient (Wildman–Crippen LogP) is 2.47. The number of esters is 1.